The number of rotatable bonds is 9. The first-order chi connectivity index (χ1) is 18.7. The van der Waals surface area contributed by atoms with Gasteiger partial charge in [-0.05, 0) is 67.6 Å². The molecular weight excluding hydrogens is 513 g/mol. The molecule has 4 aromatic rings. The number of alkyl halides is 3. The zero-order valence-electron chi connectivity index (χ0n) is 21.0. The Morgan fingerprint density at radius 2 is 1.74 bits per heavy atom. The molecule has 39 heavy (non-hydrogen) atoms. The van der Waals surface area contributed by atoms with Gasteiger partial charge >= 0.3 is 12.1 Å². The van der Waals surface area contributed by atoms with E-state index in [0.717, 1.165) is 23.0 Å². The molecule has 202 valence electrons. The molecule has 0 fully saturated rings. The van der Waals surface area contributed by atoms with Crippen molar-refractivity contribution in [3.63, 3.8) is 0 Å². The number of hydrogen-bond acceptors (Lipinski definition) is 5. The molecule has 0 aliphatic carbocycles. The van der Waals surface area contributed by atoms with Gasteiger partial charge < -0.3 is 23.7 Å². The third-order valence-electron chi connectivity index (χ3n) is 6.39. The number of benzene rings is 3. The number of halogens is 3. The van der Waals surface area contributed by atoms with E-state index in [-0.39, 0.29) is 38.2 Å². The lowest BCUT2D eigenvalue weighted by Crippen LogP contribution is -2.23. The van der Waals surface area contributed by atoms with Crippen LogP contribution < -0.4 is 14.4 Å². The molecule has 0 N–H and O–H groups in total. The van der Waals surface area contributed by atoms with Gasteiger partial charge in [-0.2, -0.15) is 13.2 Å². The van der Waals surface area contributed by atoms with E-state index >= 15 is 0 Å². The third kappa shape index (κ3) is 5.55. The summed E-state index contributed by atoms with van der Waals surface area (Å²) < 4.78 is 57.3. The van der Waals surface area contributed by atoms with Gasteiger partial charge in [0.25, 0.3) is 5.91 Å². The van der Waals surface area contributed by atoms with E-state index in [1.165, 1.54) is 17.0 Å². The highest BCUT2D eigenvalue weighted by Crippen LogP contribution is 2.36. The minimum Gasteiger partial charge on any atom is -0.490 e. The molecule has 0 saturated heterocycles. The number of aromatic nitrogens is 1. The summed E-state index contributed by atoms with van der Waals surface area (Å²) in [5.41, 5.74) is 1.62. The largest absolute Gasteiger partial charge is 0.490 e. The van der Waals surface area contributed by atoms with Crippen molar-refractivity contribution in [2.24, 2.45) is 0 Å². The normalized spacial score (nSPS) is 13.0. The minimum absolute atomic E-state index is 0.131. The first-order valence-electron chi connectivity index (χ1n) is 12.4. The molecule has 1 amide bonds. The highest BCUT2D eigenvalue weighted by atomic mass is 19.4. The zero-order valence-corrected chi connectivity index (χ0v) is 21.0. The summed E-state index contributed by atoms with van der Waals surface area (Å²) in [4.78, 5) is 26.2. The van der Waals surface area contributed by atoms with Crippen LogP contribution in [-0.2, 0) is 28.8 Å². The van der Waals surface area contributed by atoms with Gasteiger partial charge in [0.1, 0.15) is 31.3 Å². The SMILES string of the molecule is CCOC(=O)Cn1ccc2cc(OCCOc3cccc4c3CN(c3ccc(C(F)(F)F)cc3)C4=O)ccc21. The van der Waals surface area contributed by atoms with Crippen molar-refractivity contribution in [3.8, 4) is 11.5 Å². The van der Waals surface area contributed by atoms with E-state index in [1.54, 1.807) is 25.1 Å². The van der Waals surface area contributed by atoms with Crippen LogP contribution in [0.1, 0.15) is 28.4 Å². The van der Waals surface area contributed by atoms with Gasteiger partial charge in [-0.1, -0.05) is 6.07 Å². The molecule has 0 atom stereocenters. The molecule has 10 heteroatoms. The lowest BCUT2D eigenvalue weighted by Gasteiger charge is -2.17. The average molecular weight is 539 g/mol. The number of nitrogens with zero attached hydrogens (tertiary/aromatic N) is 2. The summed E-state index contributed by atoms with van der Waals surface area (Å²) >= 11 is 0. The lowest BCUT2D eigenvalue weighted by atomic mass is 10.1. The van der Waals surface area contributed by atoms with Crippen LogP contribution in [0.25, 0.3) is 10.9 Å². The van der Waals surface area contributed by atoms with Gasteiger partial charge in [0.05, 0.1) is 18.7 Å². The second-order valence-electron chi connectivity index (χ2n) is 8.88. The minimum atomic E-state index is -4.44. The van der Waals surface area contributed by atoms with Crippen LogP contribution in [0.5, 0.6) is 11.5 Å². The first-order valence-corrected chi connectivity index (χ1v) is 12.4. The summed E-state index contributed by atoms with van der Waals surface area (Å²) in [5.74, 6) is 0.561. The summed E-state index contributed by atoms with van der Waals surface area (Å²) in [5, 5.41) is 0.917. The van der Waals surface area contributed by atoms with Crippen molar-refractivity contribution < 1.29 is 37.0 Å². The highest BCUT2D eigenvalue weighted by Gasteiger charge is 2.33. The molecule has 1 aliphatic rings. The molecule has 3 aromatic carbocycles. The fourth-order valence-electron chi connectivity index (χ4n) is 4.54. The molecule has 5 rings (SSSR count). The summed E-state index contributed by atoms with van der Waals surface area (Å²) in [6.07, 6.45) is -2.62. The summed E-state index contributed by atoms with van der Waals surface area (Å²) in [6, 6.07) is 17.1. The molecule has 7 nitrogen and oxygen atoms in total. The van der Waals surface area contributed by atoms with Crippen LogP contribution in [0, 0.1) is 0 Å². The van der Waals surface area contributed by atoms with Gasteiger partial charge in [0.2, 0.25) is 0 Å². The number of anilines is 1. The van der Waals surface area contributed by atoms with Crippen molar-refractivity contribution in [2.75, 3.05) is 24.7 Å². The molecule has 0 unspecified atom stereocenters. The molecule has 0 bridgehead atoms. The standard InChI is InChI=1S/C29H25F3N2O5/c1-2-37-27(35)18-33-13-12-19-16-22(10-11-25(19)33)38-14-15-39-26-5-3-4-23-24(26)17-34(28(23)36)21-8-6-20(7-9-21)29(30,31)32/h3-13,16H,2,14-15,17-18H2,1H3. The maximum absolute atomic E-state index is 12.9. The predicted octanol–water partition coefficient (Wildman–Crippen LogP) is 5.84. The number of carbonyl (C=O) groups excluding carboxylic acids is 2. The van der Waals surface area contributed by atoms with Crippen LogP contribution >= 0.6 is 0 Å². The second kappa shape index (κ2) is 10.7. The van der Waals surface area contributed by atoms with E-state index in [0.29, 0.717) is 34.9 Å². The Bertz CT molecular complexity index is 1510. The summed E-state index contributed by atoms with van der Waals surface area (Å²) in [7, 11) is 0. The molecular formula is C29H25F3N2O5. The summed E-state index contributed by atoms with van der Waals surface area (Å²) in [6.45, 7) is 2.88. The first kappa shape index (κ1) is 26.1. The van der Waals surface area contributed by atoms with Crippen LogP contribution in [0.3, 0.4) is 0 Å². The Kier molecular flexibility index (Phi) is 7.19. The third-order valence-corrected chi connectivity index (χ3v) is 6.39. The molecule has 1 aliphatic heterocycles. The number of esters is 1. The highest BCUT2D eigenvalue weighted by molar-refractivity contribution is 6.10. The quantitative estimate of drug-likeness (QED) is 0.198. The van der Waals surface area contributed by atoms with Gasteiger partial charge in [-0.25, -0.2) is 0 Å². The second-order valence-corrected chi connectivity index (χ2v) is 8.88. The Balaban J connectivity index is 1.19. The van der Waals surface area contributed by atoms with Crippen LogP contribution in [-0.4, -0.2) is 36.3 Å². The van der Waals surface area contributed by atoms with Crippen LogP contribution in [0.15, 0.2) is 72.9 Å². The maximum atomic E-state index is 12.9. The van der Waals surface area contributed by atoms with Gasteiger partial charge in [-0.15, -0.1) is 0 Å². The van der Waals surface area contributed by atoms with E-state index in [4.69, 9.17) is 14.2 Å². The van der Waals surface area contributed by atoms with Crippen molar-refractivity contribution in [1.29, 1.82) is 0 Å². The molecule has 1 aromatic heterocycles. The lowest BCUT2D eigenvalue weighted by molar-refractivity contribution is -0.143. The molecule has 2 heterocycles. The van der Waals surface area contributed by atoms with Gasteiger partial charge in [0, 0.05) is 33.9 Å². The Hall–Kier alpha value is -4.47. The topological polar surface area (TPSA) is 70.0 Å². The van der Waals surface area contributed by atoms with E-state index in [9.17, 15) is 22.8 Å². The Morgan fingerprint density at radius 3 is 2.49 bits per heavy atom. The smallest absolute Gasteiger partial charge is 0.416 e. The van der Waals surface area contributed by atoms with Crippen molar-refractivity contribution in [3.05, 3.63) is 89.6 Å². The van der Waals surface area contributed by atoms with Crippen molar-refractivity contribution in [2.45, 2.75) is 26.2 Å². The fraction of sp³-hybridized carbons (Fsp3) is 0.241. The maximum Gasteiger partial charge on any atom is 0.416 e. The number of ether oxygens (including phenoxy) is 3. The average Bonchev–Trinajstić information content (AvgIpc) is 3.47. The number of amides is 1. The van der Waals surface area contributed by atoms with Gasteiger partial charge in [0.15, 0.2) is 0 Å². The van der Waals surface area contributed by atoms with E-state index in [2.05, 4.69) is 0 Å². The van der Waals surface area contributed by atoms with E-state index in [1.807, 2.05) is 35.0 Å². The van der Waals surface area contributed by atoms with Crippen LogP contribution in [0.4, 0.5) is 18.9 Å². The number of fused-ring (bicyclic) bond motifs is 2. The number of carbonyl (C=O) groups is 2. The molecule has 0 spiro atoms. The predicted molar refractivity (Wildman–Crippen MR) is 138 cm³/mol. The fourth-order valence-corrected chi connectivity index (χ4v) is 4.54. The van der Waals surface area contributed by atoms with Crippen molar-refractivity contribution in [1.82, 2.24) is 4.57 Å². The Labute approximate surface area is 222 Å². The van der Waals surface area contributed by atoms with Gasteiger partial charge in [-0.3, -0.25) is 9.59 Å². The zero-order chi connectivity index (χ0) is 27.6. The van der Waals surface area contributed by atoms with Crippen molar-refractivity contribution >= 4 is 28.5 Å². The van der Waals surface area contributed by atoms with E-state index < -0.39 is 11.7 Å². The molecule has 0 radical (unpaired) electrons. The number of hydrogen-bond donors (Lipinski definition) is 0. The monoisotopic (exact) mass is 538 g/mol. The molecule has 0 saturated carbocycles. The Morgan fingerprint density at radius 1 is 0.974 bits per heavy atom. The van der Waals surface area contributed by atoms with Crippen LogP contribution in [0.2, 0.25) is 0 Å².